The van der Waals surface area contributed by atoms with Crippen LogP contribution in [-0.4, -0.2) is 48.3 Å². The van der Waals surface area contributed by atoms with E-state index in [9.17, 15) is 0 Å². The van der Waals surface area contributed by atoms with E-state index in [-0.39, 0.29) is 5.41 Å². The van der Waals surface area contributed by atoms with Gasteiger partial charge in [-0.25, -0.2) is 0 Å². The monoisotopic (exact) mass is 282 g/mol. The summed E-state index contributed by atoms with van der Waals surface area (Å²) < 4.78 is 5.91. The van der Waals surface area contributed by atoms with Gasteiger partial charge in [-0.05, 0) is 33.1 Å². The average Bonchev–Trinajstić information content (AvgIpc) is 2.45. The summed E-state index contributed by atoms with van der Waals surface area (Å²) in [6, 6.07) is 1.31. The van der Waals surface area contributed by atoms with E-state index in [1.54, 1.807) is 0 Å². The van der Waals surface area contributed by atoms with Crippen molar-refractivity contribution in [3.8, 4) is 0 Å². The molecular formula is C17H34N2O. The highest BCUT2D eigenvalue weighted by Crippen LogP contribution is 2.47. The summed E-state index contributed by atoms with van der Waals surface area (Å²) in [6.07, 6.45) is 4.08. The second-order valence-corrected chi connectivity index (χ2v) is 7.41. The van der Waals surface area contributed by atoms with Gasteiger partial charge in [0.25, 0.3) is 0 Å². The van der Waals surface area contributed by atoms with Crippen LogP contribution in [0, 0.1) is 5.41 Å². The van der Waals surface area contributed by atoms with Crippen molar-refractivity contribution in [3.05, 3.63) is 0 Å². The normalized spacial score (nSPS) is 36.6. The van der Waals surface area contributed by atoms with Gasteiger partial charge in [-0.15, -0.1) is 0 Å². The fourth-order valence-corrected chi connectivity index (χ4v) is 4.09. The summed E-state index contributed by atoms with van der Waals surface area (Å²) in [5.41, 5.74) is 0.605. The first-order chi connectivity index (χ1) is 9.40. The van der Waals surface area contributed by atoms with Crippen molar-refractivity contribution in [2.75, 3.05) is 19.7 Å². The molecule has 0 spiro atoms. The van der Waals surface area contributed by atoms with Gasteiger partial charge >= 0.3 is 0 Å². The number of piperazine rings is 1. The lowest BCUT2D eigenvalue weighted by Crippen LogP contribution is -2.71. The third kappa shape index (κ3) is 2.65. The molecule has 2 rings (SSSR count). The van der Waals surface area contributed by atoms with Crippen molar-refractivity contribution in [1.29, 1.82) is 0 Å². The fourth-order valence-electron chi connectivity index (χ4n) is 4.09. The number of ether oxygens (including phenoxy) is 1. The van der Waals surface area contributed by atoms with Gasteiger partial charge in [-0.2, -0.15) is 0 Å². The van der Waals surface area contributed by atoms with E-state index in [0.29, 0.717) is 23.7 Å². The molecule has 3 atom stereocenters. The van der Waals surface area contributed by atoms with Crippen LogP contribution in [0.3, 0.4) is 0 Å². The summed E-state index contributed by atoms with van der Waals surface area (Å²) in [5, 5.41) is 3.81. The van der Waals surface area contributed by atoms with Crippen LogP contribution in [0.1, 0.15) is 60.8 Å². The van der Waals surface area contributed by atoms with E-state index in [1.165, 1.54) is 25.8 Å². The molecule has 1 heterocycles. The molecule has 0 aromatic rings. The highest BCUT2D eigenvalue weighted by Gasteiger charge is 2.54. The zero-order valence-electron chi connectivity index (χ0n) is 14.3. The molecule has 1 aliphatic carbocycles. The molecule has 1 saturated heterocycles. The minimum Gasteiger partial charge on any atom is -0.378 e. The van der Waals surface area contributed by atoms with Crippen molar-refractivity contribution < 1.29 is 4.74 Å². The summed E-state index contributed by atoms with van der Waals surface area (Å²) in [6.45, 7) is 17.0. The summed E-state index contributed by atoms with van der Waals surface area (Å²) in [7, 11) is 0. The van der Waals surface area contributed by atoms with Gasteiger partial charge in [-0.1, -0.05) is 27.7 Å². The highest BCUT2D eigenvalue weighted by atomic mass is 16.5. The number of hydrogen-bond acceptors (Lipinski definition) is 3. The molecule has 1 aliphatic heterocycles. The smallest absolute Gasteiger partial charge is 0.0655 e. The minimum absolute atomic E-state index is 0.287. The Morgan fingerprint density at radius 2 is 1.85 bits per heavy atom. The first kappa shape index (κ1) is 16.3. The zero-order chi connectivity index (χ0) is 15.0. The molecule has 20 heavy (non-hydrogen) atoms. The Hall–Kier alpha value is -0.120. The maximum absolute atomic E-state index is 5.91. The molecule has 2 fully saturated rings. The molecule has 118 valence electrons. The summed E-state index contributed by atoms with van der Waals surface area (Å²) in [4.78, 5) is 2.76. The first-order valence-electron chi connectivity index (χ1n) is 8.52. The first-order valence-corrected chi connectivity index (χ1v) is 8.52. The average molecular weight is 282 g/mol. The largest absolute Gasteiger partial charge is 0.378 e. The van der Waals surface area contributed by atoms with Gasteiger partial charge in [0.2, 0.25) is 0 Å². The van der Waals surface area contributed by atoms with Crippen molar-refractivity contribution in [3.63, 3.8) is 0 Å². The predicted molar refractivity (Wildman–Crippen MR) is 85.1 cm³/mol. The van der Waals surface area contributed by atoms with Gasteiger partial charge < -0.3 is 10.1 Å². The van der Waals surface area contributed by atoms with Crippen LogP contribution < -0.4 is 5.32 Å². The third-order valence-corrected chi connectivity index (χ3v) is 6.07. The van der Waals surface area contributed by atoms with E-state index in [4.69, 9.17) is 4.74 Å². The number of rotatable bonds is 5. The Morgan fingerprint density at radius 1 is 1.20 bits per heavy atom. The van der Waals surface area contributed by atoms with Crippen LogP contribution in [0.15, 0.2) is 0 Å². The van der Waals surface area contributed by atoms with Gasteiger partial charge in [0.05, 0.1) is 6.10 Å². The SMILES string of the molecule is CCOC1CC(N2CC(CC)(CC)NCC2C)C1(C)C. The molecule has 0 radical (unpaired) electrons. The van der Waals surface area contributed by atoms with Crippen molar-refractivity contribution in [2.24, 2.45) is 5.41 Å². The number of nitrogens with zero attached hydrogens (tertiary/aromatic N) is 1. The number of nitrogens with one attached hydrogen (secondary N) is 1. The Labute approximate surface area is 125 Å². The second-order valence-electron chi connectivity index (χ2n) is 7.41. The minimum atomic E-state index is 0.287. The Balaban J connectivity index is 2.08. The van der Waals surface area contributed by atoms with Crippen LogP contribution in [-0.2, 0) is 4.74 Å². The standard InChI is InChI=1S/C17H34N2O/c1-7-17(8-2)12-19(13(4)11-18-17)14-10-15(20-9-3)16(14,5)6/h13-15,18H,7-12H2,1-6H3. The molecule has 3 heteroatoms. The van der Waals surface area contributed by atoms with Gasteiger partial charge in [-0.3, -0.25) is 4.90 Å². The van der Waals surface area contributed by atoms with Gasteiger partial charge in [0.15, 0.2) is 0 Å². The molecule has 0 aromatic carbocycles. The highest BCUT2D eigenvalue weighted by molar-refractivity contribution is 5.08. The summed E-state index contributed by atoms with van der Waals surface area (Å²) in [5.74, 6) is 0. The van der Waals surface area contributed by atoms with Crippen molar-refractivity contribution in [1.82, 2.24) is 10.2 Å². The summed E-state index contributed by atoms with van der Waals surface area (Å²) >= 11 is 0. The Bertz CT molecular complexity index is 325. The topological polar surface area (TPSA) is 24.5 Å². The fraction of sp³-hybridized carbons (Fsp3) is 1.00. The molecule has 0 bridgehead atoms. The molecule has 1 saturated carbocycles. The van der Waals surface area contributed by atoms with Crippen LogP contribution in [0.2, 0.25) is 0 Å². The molecular weight excluding hydrogens is 248 g/mol. The van der Waals surface area contributed by atoms with Crippen LogP contribution in [0.5, 0.6) is 0 Å². The van der Waals surface area contributed by atoms with Crippen LogP contribution in [0.4, 0.5) is 0 Å². The molecule has 0 amide bonds. The lowest BCUT2D eigenvalue weighted by Gasteiger charge is -2.60. The van der Waals surface area contributed by atoms with E-state index >= 15 is 0 Å². The van der Waals surface area contributed by atoms with Crippen molar-refractivity contribution >= 4 is 0 Å². The maximum atomic E-state index is 5.91. The van der Waals surface area contributed by atoms with Crippen molar-refractivity contribution in [2.45, 2.75) is 84.5 Å². The predicted octanol–water partition coefficient (Wildman–Crippen LogP) is 3.04. The molecule has 2 aliphatic rings. The lowest BCUT2D eigenvalue weighted by atomic mass is 9.63. The van der Waals surface area contributed by atoms with Gasteiger partial charge in [0, 0.05) is 42.7 Å². The van der Waals surface area contributed by atoms with Crippen LogP contribution in [0.25, 0.3) is 0 Å². The van der Waals surface area contributed by atoms with E-state index in [2.05, 4.69) is 51.8 Å². The van der Waals surface area contributed by atoms with Crippen LogP contribution >= 0.6 is 0 Å². The molecule has 3 unspecified atom stereocenters. The van der Waals surface area contributed by atoms with Gasteiger partial charge in [0.1, 0.15) is 0 Å². The second kappa shape index (κ2) is 5.94. The zero-order valence-corrected chi connectivity index (χ0v) is 14.3. The molecule has 3 nitrogen and oxygen atoms in total. The van der Waals surface area contributed by atoms with E-state index in [1.807, 2.05) is 0 Å². The Morgan fingerprint density at radius 3 is 2.35 bits per heavy atom. The van der Waals surface area contributed by atoms with E-state index in [0.717, 1.165) is 13.2 Å². The lowest BCUT2D eigenvalue weighted by molar-refractivity contribution is -0.166. The Kier molecular flexibility index (Phi) is 4.83. The molecule has 0 aromatic heterocycles. The quantitative estimate of drug-likeness (QED) is 0.839. The third-order valence-electron chi connectivity index (χ3n) is 6.07. The van der Waals surface area contributed by atoms with E-state index < -0.39 is 0 Å². The maximum Gasteiger partial charge on any atom is 0.0655 e. The number of hydrogen-bond donors (Lipinski definition) is 1. The molecule has 1 N–H and O–H groups in total.